The zero-order valence-corrected chi connectivity index (χ0v) is 16.5. The second kappa shape index (κ2) is 8.28. The third kappa shape index (κ3) is 4.00. The van der Waals surface area contributed by atoms with E-state index in [-0.39, 0.29) is 18.3 Å². The van der Waals surface area contributed by atoms with Gasteiger partial charge in [0.05, 0.1) is 10.5 Å². The Labute approximate surface area is 170 Å². The number of carbonyl (C=O) groups excluding carboxylic acids is 1. The summed E-state index contributed by atoms with van der Waals surface area (Å²) in [4.78, 5) is 25.6. The van der Waals surface area contributed by atoms with E-state index in [1.165, 1.54) is 4.57 Å². The van der Waals surface area contributed by atoms with Crippen molar-refractivity contribution >= 4 is 27.7 Å². The summed E-state index contributed by atoms with van der Waals surface area (Å²) in [7, 11) is -1.39. The van der Waals surface area contributed by atoms with Crippen molar-refractivity contribution in [3.8, 4) is 0 Å². The first-order chi connectivity index (χ1) is 14.0. The third-order valence-corrected chi connectivity index (χ3v) is 6.47. The topological polar surface area (TPSA) is 94.6 Å². The number of benzene rings is 2. The zero-order valence-electron chi connectivity index (χ0n) is 15.7. The highest BCUT2D eigenvalue weighted by Crippen LogP contribution is 2.23. The Balaban J connectivity index is 1.59. The Morgan fingerprint density at radius 2 is 1.90 bits per heavy atom. The molecule has 0 bridgehead atoms. The fraction of sp³-hybridized carbons (Fsp3) is 0.238. The number of pyridine rings is 1. The fourth-order valence-electron chi connectivity index (χ4n) is 3.37. The number of carbonyl (C=O) groups is 1. The molecule has 150 valence electrons. The van der Waals surface area contributed by atoms with Gasteiger partial charge in [0, 0.05) is 36.1 Å². The molecule has 1 saturated heterocycles. The van der Waals surface area contributed by atoms with Gasteiger partial charge in [-0.25, -0.2) is 13.3 Å². The average molecular weight is 411 g/mol. The number of esters is 1. The molecular weight excluding hydrogens is 390 g/mol. The number of rotatable bonds is 5. The van der Waals surface area contributed by atoms with Gasteiger partial charge in [0.25, 0.3) is 5.56 Å². The summed E-state index contributed by atoms with van der Waals surface area (Å²) in [6, 6.07) is 15.5. The lowest BCUT2D eigenvalue weighted by Gasteiger charge is -2.16. The van der Waals surface area contributed by atoms with Crippen LogP contribution in [0, 0.1) is 0 Å². The van der Waals surface area contributed by atoms with E-state index in [4.69, 9.17) is 10.5 Å². The van der Waals surface area contributed by atoms with Gasteiger partial charge in [0.2, 0.25) is 0 Å². The maximum atomic E-state index is 13.0. The predicted molar refractivity (Wildman–Crippen MR) is 111 cm³/mol. The number of aromatic nitrogens is 1. The molecule has 8 heteroatoms. The van der Waals surface area contributed by atoms with Gasteiger partial charge < -0.3 is 10.5 Å². The molecule has 29 heavy (non-hydrogen) atoms. The molecule has 4 rings (SSSR count). The number of hydrogen-bond acceptors (Lipinski definition) is 5. The van der Waals surface area contributed by atoms with Crippen LogP contribution in [0.4, 0.5) is 0 Å². The minimum Gasteiger partial charge on any atom is -0.440 e. The van der Waals surface area contributed by atoms with Crippen molar-refractivity contribution in [3.63, 3.8) is 0 Å². The molecule has 2 heterocycles. The van der Waals surface area contributed by atoms with Crippen LogP contribution < -0.4 is 11.3 Å². The van der Waals surface area contributed by atoms with Crippen molar-refractivity contribution in [2.24, 2.45) is 5.73 Å². The molecule has 1 aliphatic heterocycles. The maximum absolute atomic E-state index is 13.0. The van der Waals surface area contributed by atoms with Crippen LogP contribution in [-0.4, -0.2) is 38.2 Å². The highest BCUT2D eigenvalue weighted by molar-refractivity contribution is 7.83. The summed E-state index contributed by atoms with van der Waals surface area (Å²) in [6.45, 7) is 1.03. The van der Waals surface area contributed by atoms with E-state index < -0.39 is 17.0 Å². The largest absolute Gasteiger partial charge is 0.440 e. The Hall–Kier alpha value is -2.81. The highest BCUT2D eigenvalue weighted by Gasteiger charge is 2.26. The van der Waals surface area contributed by atoms with Gasteiger partial charge in [0.15, 0.2) is 6.73 Å². The first-order valence-corrected chi connectivity index (χ1v) is 10.4. The molecule has 2 unspecified atom stereocenters. The summed E-state index contributed by atoms with van der Waals surface area (Å²) in [6.07, 6.45) is 2.36. The molecule has 2 aromatic carbocycles. The molecule has 3 aromatic rings. The monoisotopic (exact) mass is 411 g/mol. The SMILES string of the molecule is NC1CCN(S(=O)c2cccc3c(=O)n(COC(=O)c4ccccc4)ccc23)C1. The van der Waals surface area contributed by atoms with Gasteiger partial charge in [0.1, 0.15) is 11.0 Å². The number of ether oxygens (including phenoxy) is 1. The van der Waals surface area contributed by atoms with Crippen LogP contribution in [-0.2, 0) is 22.5 Å². The molecule has 1 aromatic heterocycles. The van der Waals surface area contributed by atoms with Crippen LogP contribution >= 0.6 is 0 Å². The second-order valence-electron chi connectivity index (χ2n) is 6.92. The molecule has 1 aliphatic rings. The molecule has 0 radical (unpaired) electrons. The molecule has 0 saturated carbocycles. The lowest BCUT2D eigenvalue weighted by molar-refractivity contribution is 0.0367. The van der Waals surface area contributed by atoms with Crippen LogP contribution in [0.3, 0.4) is 0 Å². The standard InChI is InChI=1S/C21H21N3O4S/c22-16-9-12-24(13-16)29(27)19-8-4-7-18-17(19)10-11-23(20(18)25)14-28-21(26)15-5-2-1-3-6-15/h1-8,10-11,16H,9,12-14,22H2. The lowest BCUT2D eigenvalue weighted by Crippen LogP contribution is -2.28. The van der Waals surface area contributed by atoms with E-state index in [1.807, 2.05) is 10.4 Å². The first-order valence-electron chi connectivity index (χ1n) is 9.31. The molecule has 2 atom stereocenters. The van der Waals surface area contributed by atoms with Crippen molar-refractivity contribution in [2.45, 2.75) is 24.1 Å². The molecule has 0 spiro atoms. The highest BCUT2D eigenvalue weighted by atomic mass is 32.2. The van der Waals surface area contributed by atoms with E-state index >= 15 is 0 Å². The summed E-state index contributed by atoms with van der Waals surface area (Å²) < 4.78 is 21.4. The Bertz CT molecular complexity index is 1130. The third-order valence-electron chi connectivity index (χ3n) is 4.93. The zero-order chi connectivity index (χ0) is 20.4. The minimum absolute atomic E-state index is 0.0189. The van der Waals surface area contributed by atoms with Crippen LogP contribution in [0.5, 0.6) is 0 Å². The lowest BCUT2D eigenvalue weighted by atomic mass is 10.2. The summed E-state index contributed by atoms with van der Waals surface area (Å²) in [5.41, 5.74) is 6.04. The molecule has 1 fully saturated rings. The minimum atomic E-state index is -1.39. The van der Waals surface area contributed by atoms with Crippen LogP contribution in [0.25, 0.3) is 10.8 Å². The average Bonchev–Trinajstić information content (AvgIpc) is 3.19. The van der Waals surface area contributed by atoms with Crippen molar-refractivity contribution in [1.82, 2.24) is 8.87 Å². The van der Waals surface area contributed by atoms with Gasteiger partial charge in [-0.1, -0.05) is 24.3 Å². The maximum Gasteiger partial charge on any atom is 0.339 e. The van der Waals surface area contributed by atoms with E-state index in [2.05, 4.69) is 0 Å². The van der Waals surface area contributed by atoms with Gasteiger partial charge >= 0.3 is 5.97 Å². The number of nitrogens with two attached hydrogens (primary N) is 1. The summed E-state index contributed by atoms with van der Waals surface area (Å²) >= 11 is 0. The molecular formula is C21H21N3O4S. The van der Waals surface area contributed by atoms with Gasteiger partial charge in [-0.15, -0.1) is 0 Å². The van der Waals surface area contributed by atoms with E-state index in [0.29, 0.717) is 34.3 Å². The van der Waals surface area contributed by atoms with Crippen molar-refractivity contribution in [1.29, 1.82) is 0 Å². The number of hydrogen-bond donors (Lipinski definition) is 1. The van der Waals surface area contributed by atoms with E-state index in [9.17, 15) is 13.8 Å². The summed E-state index contributed by atoms with van der Waals surface area (Å²) in [5, 5.41) is 1.06. The predicted octanol–water partition coefficient (Wildman–Crippen LogP) is 1.87. The van der Waals surface area contributed by atoms with Crippen molar-refractivity contribution in [2.75, 3.05) is 13.1 Å². The van der Waals surface area contributed by atoms with E-state index in [0.717, 1.165) is 6.42 Å². The fourth-order valence-corrected chi connectivity index (χ4v) is 4.81. The normalized spacial score (nSPS) is 18.0. The summed E-state index contributed by atoms with van der Waals surface area (Å²) in [5.74, 6) is -0.502. The van der Waals surface area contributed by atoms with Crippen LogP contribution in [0.2, 0.25) is 0 Å². The Morgan fingerprint density at radius 1 is 1.10 bits per heavy atom. The quantitative estimate of drug-likeness (QED) is 0.647. The van der Waals surface area contributed by atoms with Gasteiger partial charge in [-0.05, 0) is 36.8 Å². The first kappa shape index (κ1) is 19.5. The molecule has 0 amide bonds. The van der Waals surface area contributed by atoms with Gasteiger partial charge in [-0.2, -0.15) is 0 Å². The number of nitrogens with zero attached hydrogens (tertiary/aromatic N) is 2. The van der Waals surface area contributed by atoms with Crippen LogP contribution in [0.15, 0.2) is 70.5 Å². The van der Waals surface area contributed by atoms with E-state index in [1.54, 1.807) is 54.7 Å². The Morgan fingerprint density at radius 3 is 2.62 bits per heavy atom. The smallest absolute Gasteiger partial charge is 0.339 e. The molecule has 0 aliphatic carbocycles. The molecule has 7 nitrogen and oxygen atoms in total. The molecule has 2 N–H and O–H groups in total. The Kier molecular flexibility index (Phi) is 5.57. The number of fused-ring (bicyclic) bond motifs is 1. The van der Waals surface area contributed by atoms with Crippen molar-refractivity contribution < 1.29 is 13.7 Å². The van der Waals surface area contributed by atoms with Crippen molar-refractivity contribution in [3.05, 3.63) is 76.7 Å². The second-order valence-corrected chi connectivity index (χ2v) is 8.38. The van der Waals surface area contributed by atoms with Gasteiger partial charge in [-0.3, -0.25) is 9.36 Å². The van der Waals surface area contributed by atoms with Crippen LogP contribution in [0.1, 0.15) is 16.8 Å².